The van der Waals surface area contributed by atoms with Crippen LogP contribution in [0.5, 0.6) is 0 Å². The minimum absolute atomic E-state index is 0.397. The van der Waals surface area contributed by atoms with Crippen LogP contribution < -0.4 is 0 Å². The van der Waals surface area contributed by atoms with Gasteiger partial charge in [0.2, 0.25) is 0 Å². The van der Waals surface area contributed by atoms with Crippen LogP contribution in [0.3, 0.4) is 0 Å². The van der Waals surface area contributed by atoms with Crippen molar-refractivity contribution in [3.63, 3.8) is 0 Å². The zero-order chi connectivity index (χ0) is 13.9. The lowest BCUT2D eigenvalue weighted by molar-refractivity contribution is -0.152. The zero-order valence-electron chi connectivity index (χ0n) is 11.5. The number of aliphatic hydroxyl groups is 1. The van der Waals surface area contributed by atoms with Crippen LogP contribution in [0.4, 0.5) is 0 Å². The largest absolute Gasteiger partial charge is 0.481 e. The summed E-state index contributed by atoms with van der Waals surface area (Å²) in [5.41, 5.74) is 0.495. The molecule has 1 aromatic carbocycles. The molecule has 0 saturated heterocycles. The molecule has 0 aliphatic carbocycles. The Morgan fingerprint density at radius 3 is 2.11 bits per heavy atom. The molecule has 100 valence electrons. The third kappa shape index (κ3) is 2.91. The quantitative estimate of drug-likeness (QED) is 0.844. The first-order chi connectivity index (χ1) is 8.30. The van der Waals surface area contributed by atoms with Crippen molar-refractivity contribution in [1.29, 1.82) is 0 Å². The van der Waals surface area contributed by atoms with Gasteiger partial charge in [-0.15, -0.1) is 0 Å². The van der Waals surface area contributed by atoms with Crippen LogP contribution in [0.15, 0.2) is 24.3 Å². The Morgan fingerprint density at radius 1 is 1.28 bits per heavy atom. The predicted octanol–water partition coefficient (Wildman–Crippen LogP) is 3.13. The van der Waals surface area contributed by atoms with Crippen molar-refractivity contribution in [2.24, 2.45) is 5.92 Å². The highest BCUT2D eigenvalue weighted by atomic mass is 16.4. The van der Waals surface area contributed by atoms with E-state index in [0.717, 1.165) is 0 Å². The summed E-state index contributed by atoms with van der Waals surface area (Å²) in [6.07, 6.45) is 0.397. The van der Waals surface area contributed by atoms with Crippen LogP contribution >= 0.6 is 0 Å². The second-order valence-corrected chi connectivity index (χ2v) is 5.22. The Labute approximate surface area is 108 Å². The lowest BCUT2D eigenvalue weighted by atomic mass is 9.81. The average Bonchev–Trinajstić information content (AvgIpc) is 2.29. The fraction of sp³-hybridized carbons (Fsp3) is 0.533. The topological polar surface area (TPSA) is 57.5 Å². The number of benzene rings is 1. The summed E-state index contributed by atoms with van der Waals surface area (Å²) in [7, 11) is 0. The molecule has 2 N–H and O–H groups in total. The third-order valence-electron chi connectivity index (χ3n) is 3.55. The maximum absolute atomic E-state index is 11.2. The summed E-state index contributed by atoms with van der Waals surface area (Å²) >= 11 is 0. The summed E-state index contributed by atoms with van der Waals surface area (Å²) < 4.78 is 0. The molecule has 0 aliphatic rings. The average molecular weight is 250 g/mol. The third-order valence-corrected chi connectivity index (χ3v) is 3.55. The van der Waals surface area contributed by atoms with Crippen molar-refractivity contribution in [3.8, 4) is 0 Å². The van der Waals surface area contributed by atoms with E-state index in [1.165, 1.54) is 5.56 Å². The standard InChI is InChI=1S/C15H22O3/c1-5-13(14(16)17)15(4,18)12-8-6-11(7-9-12)10(2)3/h6-10,13,18H,5H2,1-4H3,(H,16,17). The van der Waals surface area contributed by atoms with Crippen molar-refractivity contribution in [2.45, 2.75) is 45.6 Å². The maximum Gasteiger partial charge on any atom is 0.309 e. The van der Waals surface area contributed by atoms with Crippen molar-refractivity contribution < 1.29 is 15.0 Å². The van der Waals surface area contributed by atoms with Crippen LogP contribution in [-0.2, 0) is 10.4 Å². The molecule has 0 aromatic heterocycles. The monoisotopic (exact) mass is 250 g/mol. The Bertz CT molecular complexity index is 404. The van der Waals surface area contributed by atoms with Gasteiger partial charge < -0.3 is 10.2 Å². The number of hydrogen-bond acceptors (Lipinski definition) is 2. The molecule has 0 amide bonds. The number of carbonyl (C=O) groups is 1. The first-order valence-electron chi connectivity index (χ1n) is 6.36. The molecule has 3 heteroatoms. The number of hydrogen-bond donors (Lipinski definition) is 2. The van der Waals surface area contributed by atoms with E-state index in [4.69, 9.17) is 5.11 Å². The molecule has 0 heterocycles. The Kier molecular flexibility index (Phi) is 4.52. The summed E-state index contributed by atoms with van der Waals surface area (Å²) in [6.45, 7) is 7.54. The van der Waals surface area contributed by atoms with Crippen LogP contribution in [0.2, 0.25) is 0 Å². The van der Waals surface area contributed by atoms with Gasteiger partial charge in [-0.3, -0.25) is 4.79 Å². The van der Waals surface area contributed by atoms with Crippen LogP contribution in [0.1, 0.15) is 51.2 Å². The second kappa shape index (κ2) is 5.53. The van der Waals surface area contributed by atoms with E-state index in [1.54, 1.807) is 13.8 Å². The molecule has 1 aromatic rings. The van der Waals surface area contributed by atoms with E-state index in [0.29, 0.717) is 17.9 Å². The first kappa shape index (κ1) is 14.7. The molecular weight excluding hydrogens is 228 g/mol. The second-order valence-electron chi connectivity index (χ2n) is 5.22. The lowest BCUT2D eigenvalue weighted by Crippen LogP contribution is -2.36. The van der Waals surface area contributed by atoms with Gasteiger partial charge in [-0.2, -0.15) is 0 Å². The number of aliphatic carboxylic acids is 1. The molecule has 2 unspecified atom stereocenters. The number of rotatable bonds is 5. The van der Waals surface area contributed by atoms with Gasteiger partial charge in [0.25, 0.3) is 0 Å². The van der Waals surface area contributed by atoms with Crippen LogP contribution in [0.25, 0.3) is 0 Å². The Balaban J connectivity index is 3.07. The molecule has 0 aliphatic heterocycles. The molecule has 2 atom stereocenters. The van der Waals surface area contributed by atoms with E-state index in [2.05, 4.69) is 13.8 Å². The minimum atomic E-state index is -1.34. The first-order valence-corrected chi connectivity index (χ1v) is 6.36. The highest BCUT2D eigenvalue weighted by Crippen LogP contribution is 2.32. The van der Waals surface area contributed by atoms with Crippen LogP contribution in [-0.4, -0.2) is 16.2 Å². The summed E-state index contributed by atoms with van der Waals surface area (Å²) in [5.74, 6) is -1.33. The van der Waals surface area contributed by atoms with Gasteiger partial charge in [0.15, 0.2) is 0 Å². The van der Waals surface area contributed by atoms with Gasteiger partial charge in [-0.1, -0.05) is 45.0 Å². The maximum atomic E-state index is 11.2. The number of carboxylic acid groups (broad SMARTS) is 1. The van der Waals surface area contributed by atoms with E-state index in [-0.39, 0.29) is 0 Å². The van der Waals surface area contributed by atoms with Crippen molar-refractivity contribution in [1.82, 2.24) is 0 Å². The van der Waals surface area contributed by atoms with Crippen molar-refractivity contribution in [2.75, 3.05) is 0 Å². The van der Waals surface area contributed by atoms with Gasteiger partial charge in [0.05, 0.1) is 5.92 Å². The Hall–Kier alpha value is -1.35. The van der Waals surface area contributed by atoms with Crippen LogP contribution in [0, 0.1) is 5.92 Å². The van der Waals surface area contributed by atoms with E-state index >= 15 is 0 Å². The smallest absolute Gasteiger partial charge is 0.309 e. The highest BCUT2D eigenvalue weighted by Gasteiger charge is 2.37. The molecular formula is C15H22O3. The predicted molar refractivity (Wildman–Crippen MR) is 71.5 cm³/mol. The van der Waals surface area contributed by atoms with Gasteiger partial charge in [-0.25, -0.2) is 0 Å². The molecule has 0 bridgehead atoms. The normalized spacial score (nSPS) is 16.3. The SMILES string of the molecule is CCC(C(=O)O)C(C)(O)c1ccc(C(C)C)cc1. The number of carboxylic acids is 1. The lowest BCUT2D eigenvalue weighted by Gasteiger charge is -2.30. The molecule has 18 heavy (non-hydrogen) atoms. The molecule has 0 spiro atoms. The van der Waals surface area contributed by atoms with Crippen molar-refractivity contribution >= 4 is 5.97 Å². The summed E-state index contributed by atoms with van der Waals surface area (Å²) in [6, 6.07) is 7.54. The van der Waals surface area contributed by atoms with Gasteiger partial charge in [0, 0.05) is 0 Å². The zero-order valence-corrected chi connectivity index (χ0v) is 11.5. The van der Waals surface area contributed by atoms with Gasteiger partial charge >= 0.3 is 5.97 Å². The van der Waals surface area contributed by atoms with Gasteiger partial charge in [0.1, 0.15) is 5.60 Å². The Morgan fingerprint density at radius 2 is 1.78 bits per heavy atom. The fourth-order valence-electron chi connectivity index (χ4n) is 2.22. The molecule has 0 fully saturated rings. The van der Waals surface area contributed by atoms with E-state index < -0.39 is 17.5 Å². The summed E-state index contributed by atoms with van der Waals surface area (Å²) in [4.78, 5) is 11.2. The molecule has 3 nitrogen and oxygen atoms in total. The molecule has 1 rings (SSSR count). The molecule has 0 radical (unpaired) electrons. The van der Waals surface area contributed by atoms with E-state index in [9.17, 15) is 9.90 Å². The fourth-order valence-corrected chi connectivity index (χ4v) is 2.22. The van der Waals surface area contributed by atoms with Gasteiger partial charge in [-0.05, 0) is 30.4 Å². The highest BCUT2D eigenvalue weighted by molar-refractivity contribution is 5.71. The van der Waals surface area contributed by atoms with Crippen molar-refractivity contribution in [3.05, 3.63) is 35.4 Å². The summed E-state index contributed by atoms with van der Waals surface area (Å²) in [5, 5.41) is 19.6. The van der Waals surface area contributed by atoms with E-state index in [1.807, 2.05) is 24.3 Å². The minimum Gasteiger partial charge on any atom is -0.481 e. The molecule has 0 saturated carbocycles.